The number of aliphatic imine (C=N–C) groups is 1. The Morgan fingerprint density at radius 1 is 1.21 bits per heavy atom. The van der Waals surface area contributed by atoms with E-state index in [1.54, 1.807) is 0 Å². The Morgan fingerprint density at radius 2 is 2.04 bits per heavy atom. The number of benzene rings is 2. The number of nitrogens with zero attached hydrogens (tertiary/aromatic N) is 1. The lowest BCUT2D eigenvalue weighted by molar-refractivity contribution is 0.972. The van der Waals surface area contributed by atoms with Gasteiger partial charge in [0.1, 0.15) is 0 Å². The monoisotopic (exact) mass is 320 g/mol. The van der Waals surface area contributed by atoms with E-state index < -0.39 is 0 Å². The van der Waals surface area contributed by atoms with Gasteiger partial charge in [0.05, 0.1) is 0 Å². The van der Waals surface area contributed by atoms with E-state index in [1.807, 2.05) is 12.1 Å². The van der Waals surface area contributed by atoms with E-state index >= 15 is 0 Å². The van der Waals surface area contributed by atoms with Crippen LogP contribution in [0, 0.1) is 6.92 Å². The van der Waals surface area contributed by atoms with Crippen molar-refractivity contribution in [1.82, 2.24) is 4.98 Å². The molecule has 4 heteroatoms. The normalized spacial score (nSPS) is 11.8. The minimum Gasteiger partial charge on any atom is -0.370 e. The van der Waals surface area contributed by atoms with Crippen molar-refractivity contribution in [2.24, 2.45) is 10.7 Å². The first-order chi connectivity index (χ1) is 11.7. The quantitative estimate of drug-likeness (QED) is 0.491. The fraction of sp³-hybridized carbons (Fsp3) is 0.250. The molecule has 0 saturated carbocycles. The first kappa shape index (κ1) is 16.1. The predicted molar refractivity (Wildman–Crippen MR) is 103 cm³/mol. The van der Waals surface area contributed by atoms with Crippen LogP contribution in [0.3, 0.4) is 0 Å². The molecule has 0 saturated heterocycles. The second-order valence-corrected chi connectivity index (χ2v) is 6.01. The number of nitrogens with one attached hydrogen (secondary N) is 2. The summed E-state index contributed by atoms with van der Waals surface area (Å²) in [7, 11) is 0. The number of anilines is 1. The van der Waals surface area contributed by atoms with Crippen molar-refractivity contribution in [1.29, 1.82) is 0 Å². The molecule has 1 heterocycles. The Labute approximate surface area is 142 Å². The summed E-state index contributed by atoms with van der Waals surface area (Å²) in [6.45, 7) is 4.92. The number of fused-ring (bicyclic) bond motifs is 1. The zero-order valence-electron chi connectivity index (χ0n) is 14.3. The van der Waals surface area contributed by atoms with Gasteiger partial charge in [-0.3, -0.25) is 4.99 Å². The van der Waals surface area contributed by atoms with Crippen molar-refractivity contribution in [2.75, 3.05) is 11.9 Å². The summed E-state index contributed by atoms with van der Waals surface area (Å²) in [5.74, 6) is 0.458. The molecule has 1 aromatic heterocycles. The summed E-state index contributed by atoms with van der Waals surface area (Å²) < 4.78 is 0. The number of rotatable bonds is 5. The molecule has 4 N–H and O–H groups in total. The Bertz CT molecular complexity index is 861. The average molecular weight is 320 g/mol. The molecule has 0 spiro atoms. The molecule has 0 aliphatic rings. The lowest BCUT2D eigenvalue weighted by Crippen LogP contribution is -2.23. The highest BCUT2D eigenvalue weighted by Crippen LogP contribution is 2.21. The first-order valence-corrected chi connectivity index (χ1v) is 8.39. The number of guanidine groups is 1. The van der Waals surface area contributed by atoms with Crippen molar-refractivity contribution in [3.05, 3.63) is 65.4 Å². The highest BCUT2D eigenvalue weighted by atomic mass is 15.1. The standard InChI is InChI=1S/C20H24N4/c1-3-15-7-5-8-17(12-15)24-20(21)22-11-10-16-13-23-19-14(2)6-4-9-18(16)19/h4-9,12-13,23H,3,10-11H2,1-2H3,(H3,21,22,24). The van der Waals surface area contributed by atoms with Crippen LogP contribution in [0.25, 0.3) is 10.9 Å². The number of para-hydroxylation sites is 1. The lowest BCUT2D eigenvalue weighted by atomic mass is 10.1. The number of aromatic nitrogens is 1. The van der Waals surface area contributed by atoms with Crippen molar-refractivity contribution in [3.8, 4) is 0 Å². The summed E-state index contributed by atoms with van der Waals surface area (Å²) in [4.78, 5) is 7.80. The van der Waals surface area contributed by atoms with Crippen LogP contribution in [0.1, 0.15) is 23.6 Å². The second-order valence-electron chi connectivity index (χ2n) is 6.01. The zero-order valence-corrected chi connectivity index (χ0v) is 14.3. The molecule has 0 unspecified atom stereocenters. The van der Waals surface area contributed by atoms with Gasteiger partial charge in [0.15, 0.2) is 5.96 Å². The number of aromatic amines is 1. The van der Waals surface area contributed by atoms with Crippen LogP contribution in [0.2, 0.25) is 0 Å². The van der Waals surface area contributed by atoms with Gasteiger partial charge in [0.2, 0.25) is 0 Å². The molecule has 3 aromatic rings. The average Bonchev–Trinajstić information content (AvgIpc) is 3.00. The van der Waals surface area contributed by atoms with Gasteiger partial charge in [-0.2, -0.15) is 0 Å². The minimum absolute atomic E-state index is 0.458. The van der Waals surface area contributed by atoms with E-state index in [4.69, 9.17) is 5.73 Å². The molecule has 0 fully saturated rings. The van der Waals surface area contributed by atoms with Gasteiger partial charge in [0.25, 0.3) is 0 Å². The molecule has 0 atom stereocenters. The van der Waals surface area contributed by atoms with Crippen LogP contribution in [-0.4, -0.2) is 17.5 Å². The Kier molecular flexibility index (Phi) is 4.85. The molecule has 4 nitrogen and oxygen atoms in total. The Balaban J connectivity index is 1.63. The third kappa shape index (κ3) is 3.59. The summed E-state index contributed by atoms with van der Waals surface area (Å²) in [5.41, 5.74) is 12.0. The van der Waals surface area contributed by atoms with Crippen LogP contribution >= 0.6 is 0 Å². The van der Waals surface area contributed by atoms with Gasteiger partial charge < -0.3 is 16.0 Å². The third-order valence-electron chi connectivity index (χ3n) is 4.28. The van der Waals surface area contributed by atoms with E-state index in [0.717, 1.165) is 18.5 Å². The van der Waals surface area contributed by atoms with Crippen LogP contribution in [0.5, 0.6) is 0 Å². The topological polar surface area (TPSA) is 66.2 Å². The largest absolute Gasteiger partial charge is 0.370 e. The first-order valence-electron chi connectivity index (χ1n) is 8.39. The van der Waals surface area contributed by atoms with E-state index in [9.17, 15) is 0 Å². The summed E-state index contributed by atoms with van der Waals surface area (Å²) >= 11 is 0. The molecule has 0 radical (unpaired) electrons. The molecule has 2 aromatic carbocycles. The van der Waals surface area contributed by atoms with E-state index in [2.05, 4.69) is 65.7 Å². The van der Waals surface area contributed by atoms with Gasteiger partial charge in [-0.15, -0.1) is 0 Å². The van der Waals surface area contributed by atoms with Gasteiger partial charge >= 0.3 is 0 Å². The van der Waals surface area contributed by atoms with Crippen molar-refractivity contribution >= 4 is 22.5 Å². The van der Waals surface area contributed by atoms with Crippen molar-refractivity contribution in [3.63, 3.8) is 0 Å². The maximum Gasteiger partial charge on any atom is 0.193 e. The highest BCUT2D eigenvalue weighted by Gasteiger charge is 2.04. The van der Waals surface area contributed by atoms with Crippen LogP contribution in [-0.2, 0) is 12.8 Å². The van der Waals surface area contributed by atoms with Crippen LogP contribution in [0.4, 0.5) is 5.69 Å². The number of nitrogens with two attached hydrogens (primary N) is 1. The van der Waals surface area contributed by atoms with Crippen molar-refractivity contribution < 1.29 is 0 Å². The van der Waals surface area contributed by atoms with Gasteiger partial charge in [0, 0.05) is 29.3 Å². The van der Waals surface area contributed by atoms with E-state index in [0.29, 0.717) is 12.5 Å². The number of H-pyrrole nitrogens is 1. The summed E-state index contributed by atoms with van der Waals surface area (Å²) in [5, 5.41) is 4.43. The number of hydrogen-bond acceptors (Lipinski definition) is 1. The number of hydrogen-bond donors (Lipinski definition) is 3. The summed E-state index contributed by atoms with van der Waals surface area (Å²) in [6.07, 6.45) is 3.94. The third-order valence-corrected chi connectivity index (χ3v) is 4.28. The van der Waals surface area contributed by atoms with Crippen molar-refractivity contribution in [2.45, 2.75) is 26.7 Å². The lowest BCUT2D eigenvalue weighted by Gasteiger charge is -2.07. The Hall–Kier alpha value is -2.75. The fourth-order valence-corrected chi connectivity index (χ4v) is 2.92. The molecule has 0 aliphatic carbocycles. The Morgan fingerprint density at radius 3 is 2.88 bits per heavy atom. The minimum atomic E-state index is 0.458. The maximum atomic E-state index is 6.00. The molecule has 24 heavy (non-hydrogen) atoms. The fourth-order valence-electron chi connectivity index (χ4n) is 2.92. The smallest absolute Gasteiger partial charge is 0.193 e. The molecule has 0 aliphatic heterocycles. The second kappa shape index (κ2) is 7.21. The van der Waals surface area contributed by atoms with E-state index in [-0.39, 0.29) is 0 Å². The molecule has 3 rings (SSSR count). The maximum absolute atomic E-state index is 6.00. The molecule has 0 amide bonds. The van der Waals surface area contributed by atoms with Crippen LogP contribution in [0.15, 0.2) is 53.7 Å². The van der Waals surface area contributed by atoms with E-state index in [1.165, 1.54) is 27.6 Å². The van der Waals surface area contributed by atoms with Gasteiger partial charge in [-0.05, 0) is 48.6 Å². The molecular formula is C20H24N4. The highest BCUT2D eigenvalue weighted by molar-refractivity contribution is 5.92. The summed E-state index contributed by atoms with van der Waals surface area (Å²) in [6, 6.07) is 14.6. The molecular weight excluding hydrogens is 296 g/mol. The zero-order chi connectivity index (χ0) is 16.9. The number of aryl methyl sites for hydroxylation is 2. The van der Waals surface area contributed by atoms with Gasteiger partial charge in [-0.25, -0.2) is 0 Å². The SMILES string of the molecule is CCc1cccc(NC(N)=NCCc2c[nH]c3c(C)cccc23)c1. The van der Waals surface area contributed by atoms with Gasteiger partial charge in [-0.1, -0.05) is 37.3 Å². The molecule has 124 valence electrons. The molecule has 0 bridgehead atoms. The predicted octanol–water partition coefficient (Wildman–Crippen LogP) is 4.01. The van der Waals surface area contributed by atoms with Crippen LogP contribution < -0.4 is 11.1 Å².